The molecule has 1 saturated heterocycles. The summed E-state index contributed by atoms with van der Waals surface area (Å²) < 4.78 is 5.88. The van der Waals surface area contributed by atoms with E-state index in [1.54, 1.807) is 24.4 Å². The molecule has 2 aliphatic rings. The standard InChI is InChI=1S/C21H22N2O3/c1-14-7-10-23(11-8-14)13-17-18(24)6-5-16-20(25)19(26-21(16)17)12-15-4-2-3-9-22-15/h2-6,9,12,14,24H,7-8,10-11,13H2,1H3/b19-12-. The number of aromatic hydroxyl groups is 1. The normalized spacial score (nSPS) is 19.6. The van der Waals surface area contributed by atoms with Gasteiger partial charge in [0.15, 0.2) is 5.76 Å². The number of ketones is 1. The number of benzene rings is 1. The van der Waals surface area contributed by atoms with Crippen molar-refractivity contribution >= 4 is 11.9 Å². The number of rotatable bonds is 3. The molecule has 0 spiro atoms. The minimum Gasteiger partial charge on any atom is -0.507 e. The second kappa shape index (κ2) is 6.92. The van der Waals surface area contributed by atoms with Crippen LogP contribution in [0.3, 0.4) is 0 Å². The maximum atomic E-state index is 12.7. The molecule has 0 bridgehead atoms. The monoisotopic (exact) mass is 350 g/mol. The van der Waals surface area contributed by atoms with Gasteiger partial charge in [-0.2, -0.15) is 0 Å². The summed E-state index contributed by atoms with van der Waals surface area (Å²) in [7, 11) is 0. The summed E-state index contributed by atoms with van der Waals surface area (Å²) in [6.45, 7) is 4.85. The van der Waals surface area contributed by atoms with Crippen molar-refractivity contribution in [2.75, 3.05) is 13.1 Å². The predicted octanol–water partition coefficient (Wildman–Crippen LogP) is 3.64. The van der Waals surface area contributed by atoms with E-state index in [1.807, 2.05) is 18.2 Å². The largest absolute Gasteiger partial charge is 0.507 e. The van der Waals surface area contributed by atoms with E-state index in [4.69, 9.17) is 4.74 Å². The molecular weight excluding hydrogens is 328 g/mol. The number of nitrogens with zero attached hydrogens (tertiary/aromatic N) is 2. The van der Waals surface area contributed by atoms with Gasteiger partial charge in [-0.05, 0) is 56.1 Å². The van der Waals surface area contributed by atoms with E-state index in [1.165, 1.54) is 0 Å². The Bertz CT molecular complexity index is 853. The second-order valence-corrected chi connectivity index (χ2v) is 7.09. The molecule has 0 saturated carbocycles. The highest BCUT2D eigenvalue weighted by Crippen LogP contribution is 2.40. The second-order valence-electron chi connectivity index (χ2n) is 7.09. The lowest BCUT2D eigenvalue weighted by Gasteiger charge is -2.30. The van der Waals surface area contributed by atoms with Crippen molar-refractivity contribution in [3.8, 4) is 11.5 Å². The molecule has 1 fully saturated rings. The lowest BCUT2D eigenvalue weighted by molar-refractivity contribution is 0.101. The number of phenolic OH excluding ortho intramolecular Hbond substituents is 1. The van der Waals surface area contributed by atoms with Gasteiger partial charge in [0, 0.05) is 18.8 Å². The lowest BCUT2D eigenvalue weighted by atomic mass is 9.98. The zero-order valence-corrected chi connectivity index (χ0v) is 14.8. The van der Waals surface area contributed by atoms with Crippen LogP contribution in [0.1, 0.15) is 41.4 Å². The maximum absolute atomic E-state index is 12.7. The minimum absolute atomic E-state index is 0.167. The first-order valence-corrected chi connectivity index (χ1v) is 9.04. The summed E-state index contributed by atoms with van der Waals surface area (Å²) in [6.07, 6.45) is 5.63. The number of carbonyl (C=O) groups is 1. The van der Waals surface area contributed by atoms with Gasteiger partial charge in [0.1, 0.15) is 11.5 Å². The zero-order chi connectivity index (χ0) is 18.1. The van der Waals surface area contributed by atoms with Gasteiger partial charge in [-0.15, -0.1) is 0 Å². The van der Waals surface area contributed by atoms with Crippen LogP contribution in [0.15, 0.2) is 42.3 Å². The molecule has 0 amide bonds. The van der Waals surface area contributed by atoms with Crippen LogP contribution in [0.25, 0.3) is 6.08 Å². The fraction of sp³-hybridized carbons (Fsp3) is 0.333. The average Bonchev–Trinajstić information content (AvgIpc) is 2.96. The Labute approximate surface area is 152 Å². The Morgan fingerprint density at radius 3 is 2.81 bits per heavy atom. The molecule has 4 rings (SSSR count). The van der Waals surface area contributed by atoms with Gasteiger partial charge in [-0.25, -0.2) is 0 Å². The summed E-state index contributed by atoms with van der Waals surface area (Å²) in [4.78, 5) is 19.2. The molecule has 2 aliphatic heterocycles. The molecule has 26 heavy (non-hydrogen) atoms. The number of allylic oxidation sites excluding steroid dienone is 1. The molecular formula is C21H22N2O3. The van der Waals surface area contributed by atoms with Gasteiger partial charge >= 0.3 is 0 Å². The third-order valence-electron chi connectivity index (χ3n) is 5.14. The minimum atomic E-state index is -0.167. The number of pyridine rings is 1. The van der Waals surface area contributed by atoms with Gasteiger partial charge in [0.05, 0.1) is 16.8 Å². The number of hydrogen-bond donors (Lipinski definition) is 1. The summed E-state index contributed by atoms with van der Waals surface area (Å²) in [5, 5.41) is 10.4. The molecule has 0 unspecified atom stereocenters. The molecule has 0 radical (unpaired) electrons. The van der Waals surface area contributed by atoms with E-state index in [2.05, 4.69) is 16.8 Å². The molecule has 0 atom stereocenters. The Kier molecular flexibility index (Phi) is 4.47. The van der Waals surface area contributed by atoms with Crippen LogP contribution in [-0.2, 0) is 6.54 Å². The van der Waals surface area contributed by atoms with E-state index in [0.29, 0.717) is 29.1 Å². The molecule has 134 valence electrons. The van der Waals surface area contributed by atoms with Crippen LogP contribution < -0.4 is 4.74 Å². The number of fused-ring (bicyclic) bond motifs is 1. The first-order chi connectivity index (χ1) is 12.6. The first kappa shape index (κ1) is 16.8. The van der Waals surface area contributed by atoms with Crippen LogP contribution in [0.5, 0.6) is 11.5 Å². The molecule has 0 aliphatic carbocycles. The quantitative estimate of drug-likeness (QED) is 0.857. The molecule has 2 aromatic rings. The molecule has 1 aromatic heterocycles. The van der Waals surface area contributed by atoms with E-state index in [9.17, 15) is 9.90 Å². The highest BCUT2D eigenvalue weighted by atomic mass is 16.5. The SMILES string of the molecule is CC1CCN(Cc2c(O)ccc3c2O/C(=C\c2ccccn2)C3=O)CC1. The topological polar surface area (TPSA) is 62.7 Å². The van der Waals surface area contributed by atoms with Gasteiger partial charge in [0.25, 0.3) is 0 Å². The number of phenols is 1. The van der Waals surface area contributed by atoms with Crippen molar-refractivity contribution in [2.24, 2.45) is 5.92 Å². The highest BCUT2D eigenvalue weighted by Gasteiger charge is 2.32. The number of Topliss-reactive ketones (excluding diaryl/α,β-unsaturated/α-hetero) is 1. The van der Waals surface area contributed by atoms with E-state index in [-0.39, 0.29) is 17.3 Å². The summed E-state index contributed by atoms with van der Waals surface area (Å²) in [5.41, 5.74) is 1.86. The molecule has 5 heteroatoms. The Balaban J connectivity index is 1.62. The third-order valence-corrected chi connectivity index (χ3v) is 5.14. The van der Waals surface area contributed by atoms with Crippen LogP contribution in [0.4, 0.5) is 0 Å². The van der Waals surface area contributed by atoms with Gasteiger partial charge in [-0.3, -0.25) is 14.7 Å². The van der Waals surface area contributed by atoms with Crippen molar-refractivity contribution < 1.29 is 14.6 Å². The Morgan fingerprint density at radius 1 is 1.27 bits per heavy atom. The number of likely N-dealkylation sites (tertiary alicyclic amines) is 1. The fourth-order valence-corrected chi connectivity index (χ4v) is 3.49. The van der Waals surface area contributed by atoms with E-state index in [0.717, 1.165) is 31.8 Å². The van der Waals surface area contributed by atoms with Crippen molar-refractivity contribution in [3.63, 3.8) is 0 Å². The summed E-state index contributed by atoms with van der Waals surface area (Å²) >= 11 is 0. The van der Waals surface area contributed by atoms with Crippen LogP contribution in [-0.4, -0.2) is 33.9 Å². The first-order valence-electron chi connectivity index (χ1n) is 9.04. The Hall–Kier alpha value is -2.66. The Morgan fingerprint density at radius 2 is 2.08 bits per heavy atom. The zero-order valence-electron chi connectivity index (χ0n) is 14.8. The number of hydrogen-bond acceptors (Lipinski definition) is 5. The van der Waals surface area contributed by atoms with E-state index < -0.39 is 0 Å². The van der Waals surface area contributed by atoms with Gasteiger partial charge in [0.2, 0.25) is 5.78 Å². The molecule has 5 nitrogen and oxygen atoms in total. The number of piperidine rings is 1. The van der Waals surface area contributed by atoms with Gasteiger partial charge in [-0.1, -0.05) is 13.0 Å². The summed E-state index contributed by atoms with van der Waals surface area (Å²) in [6, 6.07) is 8.73. The number of ether oxygens (including phenoxy) is 1. The molecule has 1 aromatic carbocycles. The summed E-state index contributed by atoms with van der Waals surface area (Å²) in [5.74, 6) is 1.48. The predicted molar refractivity (Wildman–Crippen MR) is 99.0 cm³/mol. The smallest absolute Gasteiger partial charge is 0.232 e. The van der Waals surface area contributed by atoms with Crippen molar-refractivity contribution in [1.29, 1.82) is 0 Å². The number of aromatic nitrogens is 1. The average molecular weight is 350 g/mol. The van der Waals surface area contributed by atoms with Crippen molar-refractivity contribution in [3.05, 3.63) is 59.1 Å². The maximum Gasteiger partial charge on any atom is 0.232 e. The van der Waals surface area contributed by atoms with Crippen LogP contribution >= 0.6 is 0 Å². The molecule has 3 heterocycles. The number of carbonyl (C=O) groups excluding carboxylic acids is 1. The lowest BCUT2D eigenvalue weighted by Crippen LogP contribution is -2.32. The van der Waals surface area contributed by atoms with Crippen LogP contribution in [0.2, 0.25) is 0 Å². The highest BCUT2D eigenvalue weighted by molar-refractivity contribution is 6.14. The third kappa shape index (κ3) is 3.22. The van der Waals surface area contributed by atoms with E-state index >= 15 is 0 Å². The fourth-order valence-electron chi connectivity index (χ4n) is 3.49. The molecule has 1 N–H and O–H groups in total. The van der Waals surface area contributed by atoms with Gasteiger partial charge < -0.3 is 9.84 Å². The van der Waals surface area contributed by atoms with Crippen molar-refractivity contribution in [2.45, 2.75) is 26.3 Å². The van der Waals surface area contributed by atoms with Crippen LogP contribution in [0, 0.1) is 5.92 Å². The van der Waals surface area contributed by atoms with Crippen molar-refractivity contribution in [1.82, 2.24) is 9.88 Å².